The van der Waals surface area contributed by atoms with E-state index in [1.54, 1.807) is 0 Å². The van der Waals surface area contributed by atoms with Crippen LogP contribution in [0.4, 0.5) is 5.69 Å². The molecule has 0 aliphatic carbocycles. The first kappa shape index (κ1) is 8.48. The summed E-state index contributed by atoms with van der Waals surface area (Å²) in [5, 5.41) is 9.84. The van der Waals surface area contributed by atoms with E-state index in [1.807, 2.05) is 0 Å². The zero-order valence-corrected chi connectivity index (χ0v) is 6.56. The number of carbonyl (C=O) groups is 1. The van der Waals surface area contributed by atoms with Crippen molar-refractivity contribution in [3.8, 4) is 0 Å². The highest BCUT2D eigenvalue weighted by Crippen LogP contribution is 2.14. The van der Waals surface area contributed by atoms with Gasteiger partial charge in [-0.15, -0.1) is 0 Å². The number of hydrogen-bond acceptors (Lipinski definition) is 4. The summed E-state index contributed by atoms with van der Waals surface area (Å²) in [4.78, 5) is 14.5. The van der Waals surface area contributed by atoms with Gasteiger partial charge in [0.2, 0.25) is 0 Å². The molecule has 1 aromatic rings. The number of hydroxylamine groups is 1. The summed E-state index contributed by atoms with van der Waals surface area (Å²) in [5.74, 6) is -0.590. The van der Waals surface area contributed by atoms with Gasteiger partial charge in [0.25, 0.3) is 5.91 Å². The van der Waals surface area contributed by atoms with Crippen LogP contribution in [0.25, 0.3) is 0 Å². The molecule has 1 heterocycles. The van der Waals surface area contributed by atoms with E-state index in [1.165, 1.54) is 25.5 Å². The maximum Gasteiger partial charge on any atom is 0.251 e. The molecule has 64 valence electrons. The van der Waals surface area contributed by atoms with Gasteiger partial charge in [0, 0.05) is 13.2 Å². The zero-order valence-electron chi connectivity index (χ0n) is 6.56. The lowest BCUT2D eigenvalue weighted by molar-refractivity contribution is 0.0999. The Morgan fingerprint density at radius 1 is 1.75 bits per heavy atom. The number of anilines is 1. The quantitative estimate of drug-likeness (QED) is 0.608. The van der Waals surface area contributed by atoms with Gasteiger partial charge in [-0.05, 0) is 6.07 Å². The smallest absolute Gasteiger partial charge is 0.251 e. The van der Waals surface area contributed by atoms with Crippen molar-refractivity contribution in [1.82, 2.24) is 4.98 Å². The van der Waals surface area contributed by atoms with E-state index in [0.29, 0.717) is 5.69 Å². The predicted octanol–water partition coefficient (Wildman–Crippen LogP) is 0.00590. The molecule has 0 radical (unpaired) electrons. The van der Waals surface area contributed by atoms with Crippen molar-refractivity contribution in [3.05, 3.63) is 24.0 Å². The fourth-order valence-corrected chi connectivity index (χ4v) is 0.852. The second-order valence-corrected chi connectivity index (χ2v) is 2.28. The summed E-state index contributed by atoms with van der Waals surface area (Å²) in [6.07, 6.45) is 2.80. The molecule has 0 saturated heterocycles. The van der Waals surface area contributed by atoms with Crippen LogP contribution in [-0.2, 0) is 0 Å². The Kier molecular flexibility index (Phi) is 2.25. The van der Waals surface area contributed by atoms with Crippen LogP contribution in [0.3, 0.4) is 0 Å². The molecule has 0 saturated carbocycles. The topological polar surface area (TPSA) is 79.4 Å². The van der Waals surface area contributed by atoms with Crippen LogP contribution in [-0.4, -0.2) is 23.1 Å². The highest BCUT2D eigenvalue weighted by atomic mass is 16.5. The van der Waals surface area contributed by atoms with Gasteiger partial charge in [-0.2, -0.15) is 0 Å². The van der Waals surface area contributed by atoms with E-state index in [2.05, 4.69) is 4.98 Å². The van der Waals surface area contributed by atoms with Crippen molar-refractivity contribution < 1.29 is 10.0 Å². The summed E-state index contributed by atoms with van der Waals surface area (Å²) in [6.45, 7) is 0. The van der Waals surface area contributed by atoms with Crippen molar-refractivity contribution in [3.63, 3.8) is 0 Å². The van der Waals surface area contributed by atoms with E-state index in [-0.39, 0.29) is 5.56 Å². The molecule has 0 atom stereocenters. The molecule has 1 aromatic heterocycles. The van der Waals surface area contributed by atoms with E-state index >= 15 is 0 Å². The van der Waals surface area contributed by atoms with Crippen LogP contribution in [0, 0.1) is 0 Å². The maximum absolute atomic E-state index is 10.8. The minimum Gasteiger partial charge on any atom is -0.366 e. The first-order valence-corrected chi connectivity index (χ1v) is 3.29. The van der Waals surface area contributed by atoms with Crippen molar-refractivity contribution in [2.75, 3.05) is 12.1 Å². The fraction of sp³-hybridized carbons (Fsp3) is 0.143. The number of nitrogens with two attached hydrogens (primary N) is 1. The maximum atomic E-state index is 10.8. The van der Waals surface area contributed by atoms with E-state index in [0.717, 1.165) is 5.06 Å². The SMILES string of the molecule is CN(O)c1cnccc1C(N)=O. The number of primary amides is 1. The summed E-state index contributed by atoms with van der Waals surface area (Å²) in [6, 6.07) is 1.45. The third-order valence-corrected chi connectivity index (χ3v) is 1.41. The molecule has 0 unspecified atom stereocenters. The molecule has 0 bridgehead atoms. The van der Waals surface area contributed by atoms with Gasteiger partial charge in [-0.25, -0.2) is 0 Å². The Labute approximate surface area is 69.4 Å². The van der Waals surface area contributed by atoms with Crippen molar-refractivity contribution >= 4 is 11.6 Å². The summed E-state index contributed by atoms with van der Waals surface area (Å²) >= 11 is 0. The second kappa shape index (κ2) is 3.19. The molecule has 5 nitrogen and oxygen atoms in total. The van der Waals surface area contributed by atoms with Gasteiger partial charge in [-0.1, -0.05) is 0 Å². The average Bonchev–Trinajstić information content (AvgIpc) is 2.04. The van der Waals surface area contributed by atoms with Gasteiger partial charge in [-0.3, -0.25) is 20.0 Å². The van der Waals surface area contributed by atoms with Crippen molar-refractivity contribution in [1.29, 1.82) is 0 Å². The summed E-state index contributed by atoms with van der Waals surface area (Å²) < 4.78 is 0. The Bertz CT molecular complexity index is 298. The minimum atomic E-state index is -0.590. The lowest BCUT2D eigenvalue weighted by Gasteiger charge is -2.12. The number of hydrogen-bond donors (Lipinski definition) is 2. The molecule has 0 spiro atoms. The standard InChI is InChI=1S/C7H9N3O2/c1-10(12)6-4-9-3-2-5(6)7(8)11/h2-4,12H,1H3,(H2,8,11). The van der Waals surface area contributed by atoms with E-state index in [4.69, 9.17) is 10.9 Å². The van der Waals surface area contributed by atoms with E-state index in [9.17, 15) is 4.79 Å². The van der Waals surface area contributed by atoms with Crippen LogP contribution in [0.5, 0.6) is 0 Å². The van der Waals surface area contributed by atoms with Gasteiger partial charge < -0.3 is 5.73 Å². The number of pyridine rings is 1. The Hall–Kier alpha value is -1.62. The Morgan fingerprint density at radius 2 is 2.42 bits per heavy atom. The molecule has 3 N–H and O–H groups in total. The monoisotopic (exact) mass is 167 g/mol. The first-order chi connectivity index (χ1) is 5.63. The number of nitrogens with zero attached hydrogens (tertiary/aromatic N) is 2. The molecule has 12 heavy (non-hydrogen) atoms. The van der Waals surface area contributed by atoms with Gasteiger partial charge in [0.05, 0.1) is 17.4 Å². The Balaban J connectivity index is 3.17. The highest BCUT2D eigenvalue weighted by Gasteiger charge is 2.09. The molecule has 0 aliphatic heterocycles. The third-order valence-electron chi connectivity index (χ3n) is 1.41. The van der Waals surface area contributed by atoms with Gasteiger partial charge in [0.15, 0.2) is 0 Å². The normalized spacial score (nSPS) is 9.50. The number of carbonyl (C=O) groups excluding carboxylic acids is 1. The number of amides is 1. The fourth-order valence-electron chi connectivity index (χ4n) is 0.852. The average molecular weight is 167 g/mol. The molecule has 1 rings (SSSR count). The van der Waals surface area contributed by atoms with Gasteiger partial charge in [0.1, 0.15) is 0 Å². The van der Waals surface area contributed by atoms with E-state index < -0.39 is 5.91 Å². The summed E-state index contributed by atoms with van der Waals surface area (Å²) in [5.41, 5.74) is 5.59. The molecular weight excluding hydrogens is 158 g/mol. The van der Waals surface area contributed by atoms with Crippen LogP contribution in [0.2, 0.25) is 0 Å². The molecule has 0 aromatic carbocycles. The van der Waals surface area contributed by atoms with Crippen molar-refractivity contribution in [2.45, 2.75) is 0 Å². The van der Waals surface area contributed by atoms with Crippen LogP contribution in [0.1, 0.15) is 10.4 Å². The van der Waals surface area contributed by atoms with Crippen LogP contribution in [0.15, 0.2) is 18.5 Å². The number of rotatable bonds is 2. The predicted molar refractivity (Wildman–Crippen MR) is 42.9 cm³/mol. The Morgan fingerprint density at radius 3 is 2.83 bits per heavy atom. The molecule has 0 aliphatic rings. The largest absolute Gasteiger partial charge is 0.366 e. The van der Waals surface area contributed by atoms with Crippen LogP contribution < -0.4 is 10.8 Å². The second-order valence-electron chi connectivity index (χ2n) is 2.28. The molecule has 0 fully saturated rings. The van der Waals surface area contributed by atoms with Gasteiger partial charge >= 0.3 is 0 Å². The zero-order chi connectivity index (χ0) is 9.14. The highest BCUT2D eigenvalue weighted by molar-refractivity contribution is 5.98. The number of aromatic nitrogens is 1. The van der Waals surface area contributed by atoms with Crippen molar-refractivity contribution in [2.24, 2.45) is 5.73 Å². The van der Waals surface area contributed by atoms with Crippen LogP contribution >= 0.6 is 0 Å². The minimum absolute atomic E-state index is 0.245. The lowest BCUT2D eigenvalue weighted by atomic mass is 10.2. The molecule has 5 heteroatoms. The summed E-state index contributed by atoms with van der Waals surface area (Å²) in [7, 11) is 1.39. The first-order valence-electron chi connectivity index (χ1n) is 3.29. The lowest BCUT2D eigenvalue weighted by Crippen LogP contribution is -2.19. The third kappa shape index (κ3) is 1.51. The molecule has 1 amide bonds. The molecular formula is C7H9N3O2.